The number of halogens is 2. The second kappa shape index (κ2) is 18.9. The van der Waals surface area contributed by atoms with Crippen molar-refractivity contribution in [2.75, 3.05) is 70.4 Å². The van der Waals surface area contributed by atoms with E-state index in [1.54, 1.807) is 12.1 Å². The average Bonchev–Trinajstić information content (AvgIpc) is 3.17. The van der Waals surface area contributed by atoms with E-state index in [0.29, 0.717) is 62.2 Å². The summed E-state index contributed by atoms with van der Waals surface area (Å²) >= 11 is 6.44. The van der Waals surface area contributed by atoms with E-state index in [2.05, 4.69) is 26.1 Å². The molecule has 0 aromatic heterocycles. The Morgan fingerprint density at radius 3 is 2.45 bits per heavy atom. The van der Waals surface area contributed by atoms with Crippen LogP contribution in [0.15, 0.2) is 66.7 Å². The molecule has 0 saturated carbocycles. The van der Waals surface area contributed by atoms with Gasteiger partial charge in [-0.1, -0.05) is 48.0 Å². The Bertz CT molecular complexity index is 1650. The SMILES string of the molecule is CCOc1cccc(F)c1CN1CCN(C(=O)[C@H](NC(=O)OCc2ccccc2)C2CCN(CCc3cc(Cl)ccc3N3CCC[C@@H](O)C3)CC2)CC1. The van der Waals surface area contributed by atoms with E-state index >= 15 is 0 Å². The van der Waals surface area contributed by atoms with Gasteiger partial charge in [-0.05, 0) is 99.5 Å². The van der Waals surface area contributed by atoms with Gasteiger partial charge in [0.1, 0.15) is 24.2 Å². The second-order valence-corrected chi connectivity index (χ2v) is 14.8. The molecule has 0 radical (unpaired) electrons. The fraction of sp³-hybridized carbons (Fsp3) is 0.512. The van der Waals surface area contributed by atoms with Gasteiger partial charge >= 0.3 is 6.09 Å². The van der Waals surface area contributed by atoms with Crippen LogP contribution in [0.2, 0.25) is 5.02 Å². The summed E-state index contributed by atoms with van der Waals surface area (Å²) in [5.74, 6) is 0.0946. The summed E-state index contributed by atoms with van der Waals surface area (Å²) in [6, 6.07) is 19.7. The summed E-state index contributed by atoms with van der Waals surface area (Å²) in [7, 11) is 0. The van der Waals surface area contributed by atoms with Crippen LogP contribution < -0.4 is 15.0 Å². The number of β-amino-alcohol motifs (C(OH)–C–C–N with tert-alkyl or cyclic N) is 1. The molecular weight excluding hydrogens is 697 g/mol. The number of benzene rings is 3. The number of nitrogens with zero attached hydrogens (tertiary/aromatic N) is 4. The summed E-state index contributed by atoms with van der Waals surface area (Å²) in [6.45, 7) is 8.95. The standard InChI is InChI=1S/C41H53ClFN5O5/c1-2-52-38-12-6-11-36(43)35(38)28-46-22-24-47(25-23-46)40(50)39(44-41(51)53-29-30-8-4-3-5-9-30)31-15-19-45(20-16-31)21-17-32-26-33(42)13-14-37(32)48-18-7-10-34(49)27-48/h3-6,8-9,11-14,26,31,34,39,49H,2,7,10,15-25,27-29H2,1H3,(H,44,51)/t34-,39-/m1/s1. The first-order chi connectivity index (χ1) is 25.8. The van der Waals surface area contributed by atoms with Crippen LogP contribution >= 0.6 is 11.6 Å². The molecule has 3 saturated heterocycles. The predicted molar refractivity (Wildman–Crippen MR) is 205 cm³/mol. The zero-order valence-corrected chi connectivity index (χ0v) is 31.5. The van der Waals surface area contributed by atoms with Crippen molar-refractivity contribution in [3.05, 3.63) is 94.3 Å². The fourth-order valence-corrected chi connectivity index (χ4v) is 8.02. The largest absolute Gasteiger partial charge is 0.493 e. The van der Waals surface area contributed by atoms with Gasteiger partial charge in [0.15, 0.2) is 0 Å². The normalized spacial score (nSPS) is 19.5. The van der Waals surface area contributed by atoms with Crippen molar-refractivity contribution in [1.29, 1.82) is 0 Å². The molecule has 286 valence electrons. The second-order valence-electron chi connectivity index (χ2n) is 14.4. The maximum atomic E-state index is 14.8. The van der Waals surface area contributed by atoms with Crippen LogP contribution in [0.3, 0.4) is 0 Å². The smallest absolute Gasteiger partial charge is 0.408 e. The monoisotopic (exact) mass is 749 g/mol. The van der Waals surface area contributed by atoms with Gasteiger partial charge < -0.3 is 34.6 Å². The Morgan fingerprint density at radius 1 is 0.943 bits per heavy atom. The van der Waals surface area contributed by atoms with E-state index < -0.39 is 12.1 Å². The third kappa shape index (κ3) is 10.6. The van der Waals surface area contributed by atoms with E-state index in [0.717, 1.165) is 69.5 Å². The summed E-state index contributed by atoms with van der Waals surface area (Å²) in [6.07, 6.45) is 3.20. The number of aliphatic hydroxyl groups excluding tert-OH is 1. The minimum atomic E-state index is -0.715. The molecule has 0 bridgehead atoms. The summed E-state index contributed by atoms with van der Waals surface area (Å²) in [5, 5.41) is 14.0. The van der Waals surface area contributed by atoms with Crippen LogP contribution in [0, 0.1) is 11.7 Å². The Balaban J connectivity index is 1.07. The fourth-order valence-electron chi connectivity index (χ4n) is 7.83. The van der Waals surface area contributed by atoms with E-state index in [4.69, 9.17) is 21.1 Å². The summed E-state index contributed by atoms with van der Waals surface area (Å²) < 4.78 is 26.0. The number of piperidine rings is 2. The van der Waals surface area contributed by atoms with Crippen LogP contribution in [-0.2, 0) is 29.1 Å². The number of carbonyl (C=O) groups excluding carboxylic acids is 2. The van der Waals surface area contributed by atoms with Crippen molar-refractivity contribution in [3.8, 4) is 5.75 Å². The number of rotatable bonds is 13. The zero-order valence-electron chi connectivity index (χ0n) is 30.7. The van der Waals surface area contributed by atoms with E-state index in [-0.39, 0.29) is 30.4 Å². The van der Waals surface area contributed by atoms with Crippen LogP contribution in [0.4, 0.5) is 14.9 Å². The molecule has 10 nitrogen and oxygen atoms in total. The first-order valence-corrected chi connectivity index (χ1v) is 19.5. The molecule has 2 amide bonds. The minimum absolute atomic E-state index is 0.0511. The highest BCUT2D eigenvalue weighted by Crippen LogP contribution is 2.30. The molecule has 53 heavy (non-hydrogen) atoms. The molecule has 3 aliphatic heterocycles. The third-order valence-electron chi connectivity index (χ3n) is 10.8. The van der Waals surface area contributed by atoms with Gasteiger partial charge in [-0.15, -0.1) is 0 Å². The number of nitrogens with one attached hydrogen (secondary N) is 1. The number of piperazine rings is 1. The molecule has 3 fully saturated rings. The average molecular weight is 750 g/mol. The lowest BCUT2D eigenvalue weighted by atomic mass is 9.88. The van der Waals surface area contributed by atoms with Crippen LogP contribution in [0.5, 0.6) is 5.75 Å². The highest BCUT2D eigenvalue weighted by Gasteiger charge is 2.37. The lowest BCUT2D eigenvalue weighted by molar-refractivity contribution is -0.137. The van der Waals surface area contributed by atoms with Crippen molar-refractivity contribution >= 4 is 29.3 Å². The lowest BCUT2D eigenvalue weighted by Crippen LogP contribution is -2.58. The number of likely N-dealkylation sites (tertiary alicyclic amines) is 1. The third-order valence-corrected chi connectivity index (χ3v) is 11.0. The van der Waals surface area contributed by atoms with Crippen molar-refractivity contribution < 1.29 is 28.6 Å². The number of carbonyl (C=O) groups is 2. The minimum Gasteiger partial charge on any atom is -0.493 e. The number of hydrogen-bond donors (Lipinski definition) is 2. The van der Waals surface area contributed by atoms with Crippen molar-refractivity contribution in [1.82, 2.24) is 20.0 Å². The zero-order chi connectivity index (χ0) is 37.2. The molecule has 6 rings (SSSR count). The quantitative estimate of drug-likeness (QED) is 0.229. The molecule has 3 aromatic rings. The van der Waals surface area contributed by atoms with Gasteiger partial charge in [-0.25, -0.2) is 9.18 Å². The van der Waals surface area contributed by atoms with Gasteiger partial charge in [-0.2, -0.15) is 0 Å². The van der Waals surface area contributed by atoms with Crippen LogP contribution in [-0.4, -0.2) is 109 Å². The van der Waals surface area contributed by atoms with Gasteiger partial charge in [0.2, 0.25) is 5.91 Å². The number of hydrogen-bond acceptors (Lipinski definition) is 8. The van der Waals surface area contributed by atoms with Crippen molar-refractivity contribution in [2.24, 2.45) is 5.92 Å². The van der Waals surface area contributed by atoms with Crippen LogP contribution in [0.25, 0.3) is 0 Å². The van der Waals surface area contributed by atoms with Crippen molar-refractivity contribution in [3.63, 3.8) is 0 Å². The Morgan fingerprint density at radius 2 is 1.72 bits per heavy atom. The Kier molecular flexibility index (Phi) is 13.9. The molecule has 12 heteroatoms. The van der Waals surface area contributed by atoms with E-state index in [1.165, 1.54) is 11.6 Å². The Hall–Kier alpha value is -3.90. The first kappa shape index (κ1) is 38.8. The van der Waals surface area contributed by atoms with Crippen LogP contribution in [0.1, 0.15) is 49.3 Å². The number of ether oxygens (including phenoxy) is 2. The number of aliphatic hydroxyl groups is 1. The maximum Gasteiger partial charge on any atom is 0.408 e. The summed E-state index contributed by atoms with van der Waals surface area (Å²) in [4.78, 5) is 36.0. The number of amides is 2. The number of anilines is 1. The molecule has 3 aromatic carbocycles. The van der Waals surface area contributed by atoms with Gasteiger partial charge in [-0.3, -0.25) is 9.69 Å². The number of alkyl carbamates (subject to hydrolysis) is 1. The predicted octanol–water partition coefficient (Wildman–Crippen LogP) is 5.73. The summed E-state index contributed by atoms with van der Waals surface area (Å²) in [5.41, 5.74) is 3.71. The Labute approximate surface area is 317 Å². The molecule has 2 N–H and O–H groups in total. The van der Waals surface area contributed by atoms with Gasteiger partial charge in [0.05, 0.1) is 12.7 Å². The van der Waals surface area contributed by atoms with Gasteiger partial charge in [0.25, 0.3) is 0 Å². The highest BCUT2D eigenvalue weighted by atomic mass is 35.5. The molecule has 2 atom stereocenters. The lowest BCUT2D eigenvalue weighted by Gasteiger charge is -2.40. The molecule has 0 unspecified atom stereocenters. The molecular formula is C41H53ClFN5O5. The van der Waals surface area contributed by atoms with Gasteiger partial charge in [0, 0.05) is 68.6 Å². The van der Waals surface area contributed by atoms with E-state index in [9.17, 15) is 19.1 Å². The molecule has 3 aliphatic rings. The molecule has 0 spiro atoms. The first-order valence-electron chi connectivity index (χ1n) is 19.1. The maximum absolute atomic E-state index is 14.8. The van der Waals surface area contributed by atoms with Crippen molar-refractivity contribution in [2.45, 2.75) is 64.3 Å². The highest BCUT2D eigenvalue weighted by molar-refractivity contribution is 6.30. The topological polar surface area (TPSA) is 97.8 Å². The molecule has 0 aliphatic carbocycles. The van der Waals surface area contributed by atoms with E-state index in [1.807, 2.05) is 54.3 Å². The molecule has 3 heterocycles.